The Morgan fingerprint density at radius 3 is 2.58 bits per heavy atom. The van der Waals surface area contributed by atoms with Crippen molar-refractivity contribution in [1.82, 2.24) is 10.2 Å². The van der Waals surface area contributed by atoms with Crippen LogP contribution in [-0.2, 0) is 0 Å². The van der Waals surface area contributed by atoms with Crippen LogP contribution in [0.5, 0.6) is 11.5 Å². The lowest BCUT2D eigenvalue weighted by molar-refractivity contribution is 0.0675. The maximum absolute atomic E-state index is 13.4. The number of carbonyl (C=O) groups is 1. The van der Waals surface area contributed by atoms with Crippen molar-refractivity contribution in [1.29, 1.82) is 0 Å². The second-order valence-electron chi connectivity index (χ2n) is 6.61. The number of methoxy groups -OCH3 is 2. The Balaban J connectivity index is 1.65. The molecule has 1 saturated heterocycles. The van der Waals surface area contributed by atoms with Gasteiger partial charge in [-0.25, -0.2) is 13.6 Å². The SMILES string of the molecule is COc1ccc([C@@H](C)NC(=O)N2CCC3(C2)CC3(F)F)c(OC)c1. The minimum absolute atomic E-state index is 0.106. The summed E-state index contributed by atoms with van der Waals surface area (Å²) in [6.45, 7) is 2.33. The number of ether oxygens (including phenoxy) is 2. The van der Waals surface area contributed by atoms with Crippen molar-refractivity contribution in [3.8, 4) is 11.5 Å². The number of nitrogens with one attached hydrogen (secondary N) is 1. The topological polar surface area (TPSA) is 50.8 Å². The van der Waals surface area contributed by atoms with Crippen LogP contribution in [0.2, 0.25) is 0 Å². The first-order valence-electron chi connectivity index (χ1n) is 7.97. The van der Waals surface area contributed by atoms with Gasteiger partial charge in [-0.05, 0) is 25.5 Å². The van der Waals surface area contributed by atoms with Crippen molar-refractivity contribution >= 4 is 6.03 Å². The van der Waals surface area contributed by atoms with E-state index in [0.29, 0.717) is 24.5 Å². The van der Waals surface area contributed by atoms with Crippen LogP contribution in [0.15, 0.2) is 18.2 Å². The van der Waals surface area contributed by atoms with Gasteiger partial charge in [-0.1, -0.05) is 0 Å². The van der Waals surface area contributed by atoms with Crippen LogP contribution in [0.1, 0.15) is 31.4 Å². The second kappa shape index (κ2) is 5.79. The fraction of sp³-hybridized carbons (Fsp3) is 0.588. The molecule has 3 rings (SSSR count). The maximum Gasteiger partial charge on any atom is 0.317 e. The van der Waals surface area contributed by atoms with Crippen molar-refractivity contribution in [2.75, 3.05) is 27.3 Å². The number of halogens is 2. The van der Waals surface area contributed by atoms with E-state index in [1.165, 1.54) is 4.90 Å². The standard InChI is InChI=1S/C17H22F2N2O3/c1-11(13-5-4-12(23-2)8-14(13)24-3)20-15(22)21-7-6-16(10-21)9-17(16,18)19/h4-5,8,11H,6-7,9-10H2,1-3H3,(H,20,22)/t11-,16?/m1/s1. The second-order valence-corrected chi connectivity index (χ2v) is 6.61. The van der Waals surface area contributed by atoms with Crippen LogP contribution in [0.25, 0.3) is 0 Å². The highest BCUT2D eigenvalue weighted by atomic mass is 19.3. The molecule has 1 heterocycles. The molecule has 0 bridgehead atoms. The molecule has 24 heavy (non-hydrogen) atoms. The van der Waals surface area contributed by atoms with Crippen molar-refractivity contribution in [2.24, 2.45) is 5.41 Å². The van der Waals surface area contributed by atoms with Crippen LogP contribution in [-0.4, -0.2) is 44.2 Å². The molecule has 132 valence electrons. The summed E-state index contributed by atoms with van der Waals surface area (Å²) in [6, 6.07) is 4.72. The average Bonchev–Trinajstić information content (AvgIpc) is 2.89. The summed E-state index contributed by atoms with van der Waals surface area (Å²) >= 11 is 0. The van der Waals surface area contributed by atoms with E-state index in [0.717, 1.165) is 5.56 Å². The highest BCUT2D eigenvalue weighted by molar-refractivity contribution is 5.75. The summed E-state index contributed by atoms with van der Waals surface area (Å²) in [5, 5.41) is 2.86. The van der Waals surface area contributed by atoms with Crippen molar-refractivity contribution < 1.29 is 23.0 Å². The van der Waals surface area contributed by atoms with E-state index in [1.807, 2.05) is 13.0 Å². The Labute approximate surface area is 139 Å². The Hall–Kier alpha value is -2.05. The first-order valence-corrected chi connectivity index (χ1v) is 7.97. The van der Waals surface area contributed by atoms with Gasteiger partial charge in [0, 0.05) is 31.1 Å². The molecule has 1 unspecified atom stereocenters. The maximum atomic E-state index is 13.4. The van der Waals surface area contributed by atoms with Crippen molar-refractivity contribution in [3.63, 3.8) is 0 Å². The van der Waals surface area contributed by atoms with E-state index >= 15 is 0 Å². The molecule has 1 N–H and O–H groups in total. The molecule has 2 fully saturated rings. The highest BCUT2D eigenvalue weighted by Gasteiger charge is 2.73. The van der Waals surface area contributed by atoms with E-state index in [-0.39, 0.29) is 25.0 Å². The third-order valence-electron chi connectivity index (χ3n) is 5.10. The molecule has 7 heteroatoms. The summed E-state index contributed by atoms with van der Waals surface area (Å²) in [5.41, 5.74) is -0.178. The number of amides is 2. The summed E-state index contributed by atoms with van der Waals surface area (Å²) in [6.07, 6.45) is 0.263. The Morgan fingerprint density at radius 2 is 2.04 bits per heavy atom. The summed E-state index contributed by atoms with van der Waals surface area (Å²) in [7, 11) is 3.11. The number of benzene rings is 1. The average molecular weight is 340 g/mol. The number of nitrogens with zero attached hydrogens (tertiary/aromatic N) is 1. The van der Waals surface area contributed by atoms with Gasteiger partial charge in [0.2, 0.25) is 0 Å². The predicted octanol–water partition coefficient (Wildman–Crippen LogP) is 3.21. The van der Waals surface area contributed by atoms with Crippen LogP contribution >= 0.6 is 0 Å². The first kappa shape index (κ1) is 16.8. The van der Waals surface area contributed by atoms with Gasteiger partial charge >= 0.3 is 6.03 Å². The van der Waals surface area contributed by atoms with E-state index < -0.39 is 11.3 Å². The Bertz CT molecular complexity index is 653. The predicted molar refractivity (Wildman–Crippen MR) is 84.7 cm³/mol. The van der Waals surface area contributed by atoms with Gasteiger partial charge in [0.25, 0.3) is 5.92 Å². The summed E-state index contributed by atoms with van der Waals surface area (Å²) in [4.78, 5) is 13.9. The normalized spacial score (nSPS) is 25.5. The Kier molecular flexibility index (Phi) is 4.05. The molecule has 1 saturated carbocycles. The first-order chi connectivity index (χ1) is 11.3. The van der Waals surface area contributed by atoms with Crippen LogP contribution in [0, 0.1) is 5.41 Å². The number of likely N-dealkylation sites (tertiary alicyclic amines) is 1. The van der Waals surface area contributed by atoms with Gasteiger partial charge in [0.05, 0.1) is 25.7 Å². The van der Waals surface area contributed by atoms with E-state index in [1.54, 1.807) is 26.4 Å². The Morgan fingerprint density at radius 1 is 1.33 bits per heavy atom. The molecule has 1 aromatic carbocycles. The van der Waals surface area contributed by atoms with Crippen LogP contribution in [0.3, 0.4) is 0 Å². The number of urea groups is 1. The van der Waals surface area contributed by atoms with Crippen molar-refractivity contribution in [2.45, 2.75) is 31.7 Å². The third kappa shape index (κ3) is 2.76. The zero-order valence-electron chi connectivity index (χ0n) is 14.1. The van der Waals surface area contributed by atoms with Gasteiger partial charge in [-0.3, -0.25) is 0 Å². The lowest BCUT2D eigenvalue weighted by Gasteiger charge is -2.22. The molecule has 2 amide bonds. The van der Waals surface area contributed by atoms with Gasteiger partial charge < -0.3 is 19.7 Å². The lowest BCUT2D eigenvalue weighted by Crippen LogP contribution is -2.40. The van der Waals surface area contributed by atoms with Gasteiger partial charge in [-0.15, -0.1) is 0 Å². The van der Waals surface area contributed by atoms with E-state index in [4.69, 9.17) is 9.47 Å². The number of hydrogen-bond donors (Lipinski definition) is 1. The quantitative estimate of drug-likeness (QED) is 0.916. The number of rotatable bonds is 4. The minimum atomic E-state index is -2.62. The van der Waals surface area contributed by atoms with Gasteiger partial charge in [-0.2, -0.15) is 0 Å². The summed E-state index contributed by atoms with van der Waals surface area (Å²) < 4.78 is 37.4. The molecule has 1 aliphatic carbocycles. The molecular formula is C17H22F2N2O3. The molecule has 2 atom stereocenters. The monoisotopic (exact) mass is 340 g/mol. The van der Waals surface area contributed by atoms with Crippen molar-refractivity contribution in [3.05, 3.63) is 23.8 Å². The largest absolute Gasteiger partial charge is 0.497 e. The molecule has 0 radical (unpaired) electrons. The molecule has 0 aromatic heterocycles. The lowest BCUT2D eigenvalue weighted by atomic mass is 10.1. The smallest absolute Gasteiger partial charge is 0.317 e. The van der Waals surface area contributed by atoms with Crippen LogP contribution in [0.4, 0.5) is 13.6 Å². The fourth-order valence-electron chi connectivity index (χ4n) is 3.40. The number of hydrogen-bond acceptors (Lipinski definition) is 3. The van der Waals surface area contributed by atoms with E-state index in [9.17, 15) is 13.6 Å². The highest BCUT2D eigenvalue weighted by Crippen LogP contribution is 2.65. The molecule has 1 spiro atoms. The molecule has 5 nitrogen and oxygen atoms in total. The van der Waals surface area contributed by atoms with Gasteiger partial charge in [0.1, 0.15) is 11.5 Å². The number of carbonyl (C=O) groups excluding carboxylic acids is 1. The number of alkyl halides is 2. The molecule has 1 aliphatic heterocycles. The van der Waals surface area contributed by atoms with Gasteiger partial charge in [0.15, 0.2) is 0 Å². The zero-order valence-corrected chi connectivity index (χ0v) is 14.1. The third-order valence-corrected chi connectivity index (χ3v) is 5.10. The van der Waals surface area contributed by atoms with Crippen LogP contribution < -0.4 is 14.8 Å². The molecular weight excluding hydrogens is 318 g/mol. The molecule has 1 aromatic rings. The fourth-order valence-corrected chi connectivity index (χ4v) is 3.40. The zero-order chi connectivity index (χ0) is 17.5. The van der Waals surface area contributed by atoms with E-state index in [2.05, 4.69) is 5.32 Å². The summed E-state index contributed by atoms with van der Waals surface area (Å²) in [5.74, 6) is -1.35. The molecule has 2 aliphatic rings. The minimum Gasteiger partial charge on any atom is -0.497 e.